The van der Waals surface area contributed by atoms with Crippen molar-refractivity contribution in [2.75, 3.05) is 13.1 Å². The molecule has 1 aliphatic heterocycles. The van der Waals surface area contributed by atoms with E-state index in [-0.39, 0.29) is 17.9 Å². The van der Waals surface area contributed by atoms with Gasteiger partial charge in [-0.3, -0.25) is 9.59 Å². The summed E-state index contributed by atoms with van der Waals surface area (Å²) in [6.07, 6.45) is 3.77. The molecule has 148 valence electrons. The molecule has 1 aliphatic rings. The molecule has 0 unspecified atom stereocenters. The van der Waals surface area contributed by atoms with E-state index in [4.69, 9.17) is 0 Å². The largest absolute Gasteiger partial charge is 0.346 e. The fourth-order valence-electron chi connectivity index (χ4n) is 3.59. The van der Waals surface area contributed by atoms with Gasteiger partial charge in [-0.25, -0.2) is 4.68 Å². The fraction of sp³-hybridized carbons (Fsp3) is 0.261. The predicted molar refractivity (Wildman–Crippen MR) is 111 cm³/mol. The Morgan fingerprint density at radius 3 is 2.48 bits per heavy atom. The molecule has 4 rings (SSSR count). The number of aryl methyl sites for hydroxylation is 1. The minimum absolute atomic E-state index is 0.0370. The molecular weight excluding hydrogens is 364 g/mol. The lowest BCUT2D eigenvalue weighted by molar-refractivity contribution is -0.130. The first-order valence-electron chi connectivity index (χ1n) is 9.93. The molecule has 6 nitrogen and oxygen atoms in total. The standard InChI is InChI=1S/C23H24N4O2/c28-22(12-11-18-7-3-1-4-8-18)26-15-13-19(17-26)24-23(29)21-14-16-27(25-21)20-9-5-2-6-10-20/h1-10,14,16,19H,11-13,15,17H2,(H,24,29)/t19-/m0/s1. The first kappa shape index (κ1) is 18.9. The average molecular weight is 388 g/mol. The molecule has 29 heavy (non-hydrogen) atoms. The molecule has 6 heteroatoms. The number of benzene rings is 2. The van der Waals surface area contributed by atoms with Crippen molar-refractivity contribution >= 4 is 11.8 Å². The minimum Gasteiger partial charge on any atom is -0.346 e. The Bertz CT molecular complexity index is 969. The van der Waals surface area contributed by atoms with Gasteiger partial charge in [0.15, 0.2) is 5.69 Å². The van der Waals surface area contributed by atoms with Crippen LogP contribution in [0.1, 0.15) is 28.9 Å². The molecule has 1 saturated heterocycles. The molecular formula is C23H24N4O2. The third-order valence-corrected chi connectivity index (χ3v) is 5.19. The fourth-order valence-corrected chi connectivity index (χ4v) is 3.59. The zero-order valence-corrected chi connectivity index (χ0v) is 16.2. The highest BCUT2D eigenvalue weighted by Crippen LogP contribution is 2.13. The average Bonchev–Trinajstić information content (AvgIpc) is 3.43. The first-order valence-corrected chi connectivity index (χ1v) is 9.93. The second-order valence-corrected chi connectivity index (χ2v) is 7.27. The number of para-hydroxylation sites is 1. The Balaban J connectivity index is 1.28. The van der Waals surface area contributed by atoms with Crippen molar-refractivity contribution < 1.29 is 9.59 Å². The van der Waals surface area contributed by atoms with Crippen LogP contribution in [0.5, 0.6) is 0 Å². The number of likely N-dealkylation sites (tertiary alicyclic amines) is 1. The van der Waals surface area contributed by atoms with Crippen molar-refractivity contribution in [2.45, 2.75) is 25.3 Å². The van der Waals surface area contributed by atoms with Gasteiger partial charge in [0, 0.05) is 31.7 Å². The lowest BCUT2D eigenvalue weighted by Crippen LogP contribution is -2.38. The topological polar surface area (TPSA) is 67.2 Å². The number of rotatable bonds is 6. The van der Waals surface area contributed by atoms with Crippen LogP contribution in [0.3, 0.4) is 0 Å². The summed E-state index contributed by atoms with van der Waals surface area (Å²) in [7, 11) is 0. The van der Waals surface area contributed by atoms with Crippen LogP contribution in [0.4, 0.5) is 0 Å². The maximum atomic E-state index is 12.5. The Hall–Kier alpha value is -3.41. The Kier molecular flexibility index (Phi) is 5.70. The van der Waals surface area contributed by atoms with Gasteiger partial charge in [0.25, 0.3) is 5.91 Å². The zero-order chi connectivity index (χ0) is 20.1. The molecule has 2 aromatic carbocycles. The van der Waals surface area contributed by atoms with Gasteiger partial charge in [0.05, 0.1) is 5.69 Å². The van der Waals surface area contributed by atoms with Crippen molar-refractivity contribution in [1.29, 1.82) is 0 Å². The molecule has 0 bridgehead atoms. The molecule has 0 radical (unpaired) electrons. The Labute approximate surface area is 170 Å². The normalized spacial score (nSPS) is 16.0. The van der Waals surface area contributed by atoms with E-state index in [0.717, 1.165) is 18.5 Å². The van der Waals surface area contributed by atoms with Crippen molar-refractivity contribution in [3.8, 4) is 5.69 Å². The monoisotopic (exact) mass is 388 g/mol. The van der Waals surface area contributed by atoms with Crippen LogP contribution >= 0.6 is 0 Å². The van der Waals surface area contributed by atoms with Crippen LogP contribution in [0.25, 0.3) is 5.69 Å². The van der Waals surface area contributed by atoms with Crippen LogP contribution in [-0.4, -0.2) is 45.6 Å². The number of amides is 2. The summed E-state index contributed by atoms with van der Waals surface area (Å²) in [5.41, 5.74) is 2.45. The molecule has 2 amide bonds. The summed E-state index contributed by atoms with van der Waals surface area (Å²) in [6.45, 7) is 1.23. The molecule has 0 spiro atoms. The summed E-state index contributed by atoms with van der Waals surface area (Å²) >= 11 is 0. The minimum atomic E-state index is -0.205. The first-order chi connectivity index (χ1) is 14.2. The summed E-state index contributed by atoms with van der Waals surface area (Å²) < 4.78 is 1.68. The maximum absolute atomic E-state index is 12.5. The summed E-state index contributed by atoms with van der Waals surface area (Å²) in [4.78, 5) is 26.9. The van der Waals surface area contributed by atoms with Crippen LogP contribution in [0.15, 0.2) is 72.9 Å². The van der Waals surface area contributed by atoms with Gasteiger partial charge in [-0.1, -0.05) is 48.5 Å². The quantitative estimate of drug-likeness (QED) is 0.706. The van der Waals surface area contributed by atoms with Gasteiger partial charge in [-0.2, -0.15) is 5.10 Å². The number of nitrogens with zero attached hydrogens (tertiary/aromatic N) is 3. The molecule has 0 saturated carbocycles. The third-order valence-electron chi connectivity index (χ3n) is 5.19. The van der Waals surface area contributed by atoms with Crippen LogP contribution in [0, 0.1) is 0 Å². The molecule has 1 atom stereocenters. The third kappa shape index (κ3) is 4.71. The molecule has 3 aromatic rings. The van der Waals surface area contributed by atoms with Gasteiger partial charge in [0.1, 0.15) is 0 Å². The van der Waals surface area contributed by atoms with Crippen molar-refractivity contribution in [3.05, 3.63) is 84.2 Å². The summed E-state index contributed by atoms with van der Waals surface area (Å²) in [5.74, 6) is -0.0674. The van der Waals surface area contributed by atoms with Crippen LogP contribution in [-0.2, 0) is 11.2 Å². The van der Waals surface area contributed by atoms with E-state index in [1.165, 1.54) is 5.56 Å². The maximum Gasteiger partial charge on any atom is 0.272 e. The van der Waals surface area contributed by atoms with Crippen molar-refractivity contribution in [2.24, 2.45) is 0 Å². The van der Waals surface area contributed by atoms with E-state index >= 15 is 0 Å². The highest BCUT2D eigenvalue weighted by molar-refractivity contribution is 5.92. The van der Waals surface area contributed by atoms with Crippen molar-refractivity contribution in [1.82, 2.24) is 20.0 Å². The van der Waals surface area contributed by atoms with Crippen LogP contribution in [0.2, 0.25) is 0 Å². The SMILES string of the molecule is O=C(N[C@H]1CCN(C(=O)CCc2ccccc2)C1)c1ccn(-c2ccccc2)n1. The van der Waals surface area contributed by atoms with Crippen molar-refractivity contribution in [3.63, 3.8) is 0 Å². The number of nitrogens with one attached hydrogen (secondary N) is 1. The predicted octanol–water partition coefficient (Wildman–Crippen LogP) is 2.84. The van der Waals surface area contributed by atoms with E-state index in [1.54, 1.807) is 16.9 Å². The smallest absolute Gasteiger partial charge is 0.272 e. The van der Waals surface area contributed by atoms with E-state index in [1.807, 2.05) is 65.6 Å². The Morgan fingerprint density at radius 2 is 1.72 bits per heavy atom. The van der Waals surface area contributed by atoms with E-state index < -0.39 is 0 Å². The Morgan fingerprint density at radius 1 is 1.00 bits per heavy atom. The van der Waals surface area contributed by atoms with Gasteiger partial charge in [-0.15, -0.1) is 0 Å². The second-order valence-electron chi connectivity index (χ2n) is 7.27. The molecule has 2 heterocycles. The highest BCUT2D eigenvalue weighted by atomic mass is 16.2. The second kappa shape index (κ2) is 8.73. The summed E-state index contributed by atoms with van der Waals surface area (Å²) in [5, 5.41) is 7.37. The van der Waals surface area contributed by atoms with E-state index in [9.17, 15) is 9.59 Å². The highest BCUT2D eigenvalue weighted by Gasteiger charge is 2.27. The van der Waals surface area contributed by atoms with Gasteiger partial charge < -0.3 is 10.2 Å². The number of carbonyl (C=O) groups excluding carboxylic acids is 2. The summed E-state index contributed by atoms with van der Waals surface area (Å²) in [6, 6.07) is 21.4. The molecule has 1 fully saturated rings. The molecule has 1 aromatic heterocycles. The number of hydrogen-bond acceptors (Lipinski definition) is 3. The molecule has 1 N–H and O–H groups in total. The number of aromatic nitrogens is 2. The zero-order valence-electron chi connectivity index (χ0n) is 16.2. The number of carbonyl (C=O) groups is 2. The van der Waals surface area contributed by atoms with Gasteiger partial charge in [-0.05, 0) is 36.6 Å². The van der Waals surface area contributed by atoms with Gasteiger partial charge in [0.2, 0.25) is 5.91 Å². The van der Waals surface area contributed by atoms with E-state index in [2.05, 4.69) is 10.4 Å². The van der Waals surface area contributed by atoms with Gasteiger partial charge >= 0.3 is 0 Å². The van der Waals surface area contributed by atoms with E-state index in [0.29, 0.717) is 25.2 Å². The number of hydrogen-bond donors (Lipinski definition) is 1. The lowest BCUT2D eigenvalue weighted by atomic mass is 10.1. The lowest BCUT2D eigenvalue weighted by Gasteiger charge is -2.17. The molecule has 0 aliphatic carbocycles. The van der Waals surface area contributed by atoms with Crippen LogP contribution < -0.4 is 5.32 Å².